The van der Waals surface area contributed by atoms with E-state index < -0.39 is 18.0 Å². The third-order valence-electron chi connectivity index (χ3n) is 4.43. The van der Waals surface area contributed by atoms with Crippen molar-refractivity contribution in [2.75, 3.05) is 19.0 Å². The summed E-state index contributed by atoms with van der Waals surface area (Å²) in [4.78, 5) is 36.4. The van der Waals surface area contributed by atoms with Gasteiger partial charge in [-0.1, -0.05) is 19.9 Å². The number of aliphatic carboxylic acids is 1. The molecule has 1 aliphatic carbocycles. The lowest BCUT2D eigenvalue weighted by Gasteiger charge is -2.21. The minimum atomic E-state index is -1.03. The molecule has 158 valence electrons. The van der Waals surface area contributed by atoms with Crippen LogP contribution >= 0.6 is 11.8 Å². The molecule has 28 heavy (non-hydrogen) atoms. The van der Waals surface area contributed by atoms with Crippen molar-refractivity contribution >= 4 is 29.6 Å². The van der Waals surface area contributed by atoms with Crippen molar-refractivity contribution in [3.63, 3.8) is 0 Å². The molecule has 1 aliphatic rings. The van der Waals surface area contributed by atoms with Gasteiger partial charge in [0.25, 0.3) is 0 Å². The van der Waals surface area contributed by atoms with Gasteiger partial charge >= 0.3 is 11.9 Å². The predicted molar refractivity (Wildman–Crippen MR) is 111 cm³/mol. The van der Waals surface area contributed by atoms with Gasteiger partial charge in [0.1, 0.15) is 6.04 Å². The number of carboxylic acids is 1. The summed E-state index contributed by atoms with van der Waals surface area (Å²) in [6, 6.07) is -0.885. The van der Waals surface area contributed by atoms with Crippen LogP contribution in [0.15, 0.2) is 22.6 Å². The van der Waals surface area contributed by atoms with Crippen LogP contribution in [-0.4, -0.2) is 48.0 Å². The Morgan fingerprint density at radius 3 is 2.61 bits per heavy atom. The average molecular weight is 413 g/mol. The summed E-state index contributed by atoms with van der Waals surface area (Å²) in [5, 5.41) is 14.9. The SMILES string of the molecule is C=C(C(=O)OCC)C1=C(SCNC(=O)CC(NCCCC)C(=O)O)CCCC1. The molecule has 7 nitrogen and oxygen atoms in total. The largest absolute Gasteiger partial charge is 0.480 e. The van der Waals surface area contributed by atoms with Crippen molar-refractivity contribution in [3.05, 3.63) is 22.6 Å². The second kappa shape index (κ2) is 13.4. The number of carbonyl (C=O) groups excluding carboxylic acids is 2. The number of nitrogens with one attached hydrogen (secondary N) is 2. The first-order valence-corrected chi connectivity index (χ1v) is 10.8. The molecule has 1 atom stereocenters. The number of thioether (sulfide) groups is 1. The maximum Gasteiger partial charge on any atom is 0.337 e. The molecule has 0 heterocycles. The molecule has 0 aromatic carbocycles. The number of hydrogen-bond acceptors (Lipinski definition) is 6. The van der Waals surface area contributed by atoms with Crippen molar-refractivity contribution < 1.29 is 24.2 Å². The third-order valence-corrected chi connectivity index (χ3v) is 5.52. The summed E-state index contributed by atoms with van der Waals surface area (Å²) in [6.45, 7) is 8.53. The van der Waals surface area contributed by atoms with Gasteiger partial charge in [0.05, 0.1) is 24.5 Å². The van der Waals surface area contributed by atoms with Crippen LogP contribution in [0.4, 0.5) is 0 Å². The number of rotatable bonds is 13. The quantitative estimate of drug-likeness (QED) is 0.185. The Hall–Kier alpha value is -1.80. The zero-order valence-electron chi connectivity index (χ0n) is 16.8. The number of carbonyl (C=O) groups is 3. The topological polar surface area (TPSA) is 105 Å². The van der Waals surface area contributed by atoms with E-state index in [2.05, 4.69) is 17.2 Å². The van der Waals surface area contributed by atoms with Crippen LogP contribution in [0.2, 0.25) is 0 Å². The Kier molecular flexibility index (Phi) is 11.6. The van der Waals surface area contributed by atoms with E-state index in [1.807, 2.05) is 6.92 Å². The molecule has 1 rings (SSSR count). The van der Waals surface area contributed by atoms with E-state index in [1.165, 1.54) is 11.8 Å². The van der Waals surface area contributed by atoms with Crippen LogP contribution in [0.1, 0.15) is 58.8 Å². The van der Waals surface area contributed by atoms with Crippen molar-refractivity contribution in [3.8, 4) is 0 Å². The number of allylic oxidation sites excluding steroid dienone is 1. The van der Waals surface area contributed by atoms with Crippen LogP contribution in [-0.2, 0) is 19.1 Å². The molecule has 1 amide bonds. The molecular formula is C20H32N2O5S. The fourth-order valence-corrected chi connectivity index (χ4v) is 3.95. The van der Waals surface area contributed by atoms with Crippen molar-refractivity contribution in [1.29, 1.82) is 0 Å². The van der Waals surface area contributed by atoms with E-state index in [0.29, 0.717) is 24.6 Å². The van der Waals surface area contributed by atoms with E-state index in [-0.39, 0.29) is 12.3 Å². The van der Waals surface area contributed by atoms with Crippen molar-refractivity contribution in [2.24, 2.45) is 0 Å². The van der Waals surface area contributed by atoms with Crippen LogP contribution < -0.4 is 10.6 Å². The molecule has 0 fully saturated rings. The van der Waals surface area contributed by atoms with Crippen LogP contribution in [0.25, 0.3) is 0 Å². The minimum absolute atomic E-state index is 0.110. The van der Waals surface area contributed by atoms with E-state index >= 15 is 0 Å². The first-order valence-electron chi connectivity index (χ1n) is 9.84. The first-order chi connectivity index (χ1) is 13.4. The highest BCUT2D eigenvalue weighted by molar-refractivity contribution is 8.03. The smallest absolute Gasteiger partial charge is 0.337 e. The second-order valence-electron chi connectivity index (χ2n) is 6.60. The number of ether oxygens (including phenoxy) is 1. The van der Waals surface area contributed by atoms with Gasteiger partial charge in [0, 0.05) is 0 Å². The summed E-state index contributed by atoms with van der Waals surface area (Å²) in [5.41, 5.74) is 1.30. The summed E-state index contributed by atoms with van der Waals surface area (Å²) in [7, 11) is 0. The Morgan fingerprint density at radius 2 is 1.96 bits per heavy atom. The van der Waals surface area contributed by atoms with Gasteiger partial charge in [0.15, 0.2) is 0 Å². The number of unbranched alkanes of at least 4 members (excludes halogenated alkanes) is 1. The van der Waals surface area contributed by atoms with Gasteiger partial charge in [-0.15, -0.1) is 11.8 Å². The van der Waals surface area contributed by atoms with Gasteiger partial charge in [-0.2, -0.15) is 0 Å². The van der Waals surface area contributed by atoms with E-state index in [1.54, 1.807) is 6.92 Å². The summed E-state index contributed by atoms with van der Waals surface area (Å²) < 4.78 is 5.04. The lowest BCUT2D eigenvalue weighted by atomic mass is 9.94. The lowest BCUT2D eigenvalue weighted by Crippen LogP contribution is -2.41. The van der Waals surface area contributed by atoms with Crippen LogP contribution in [0, 0.1) is 0 Å². The minimum Gasteiger partial charge on any atom is -0.480 e. The summed E-state index contributed by atoms with van der Waals surface area (Å²) in [6.07, 6.45) is 5.34. The predicted octanol–water partition coefficient (Wildman–Crippen LogP) is 2.97. The Bertz CT molecular complexity index is 603. The normalized spacial score (nSPS) is 15.1. The maximum atomic E-state index is 12.1. The number of carboxylic acid groups (broad SMARTS) is 1. The number of amides is 1. The lowest BCUT2D eigenvalue weighted by molar-refractivity contribution is -0.141. The number of esters is 1. The van der Waals surface area contributed by atoms with Gasteiger partial charge in [-0.25, -0.2) is 4.79 Å². The zero-order chi connectivity index (χ0) is 20.9. The number of hydrogen-bond donors (Lipinski definition) is 3. The third kappa shape index (κ3) is 8.48. The molecule has 0 saturated heterocycles. The summed E-state index contributed by atoms with van der Waals surface area (Å²) in [5.74, 6) is -1.41. The maximum absolute atomic E-state index is 12.1. The average Bonchev–Trinajstić information content (AvgIpc) is 2.67. The molecule has 1 unspecified atom stereocenters. The molecule has 0 aromatic heterocycles. The van der Waals surface area contributed by atoms with E-state index in [4.69, 9.17) is 4.74 Å². The molecule has 3 N–H and O–H groups in total. The molecular weight excluding hydrogens is 380 g/mol. The zero-order valence-corrected chi connectivity index (χ0v) is 17.7. The Labute approximate surface area is 171 Å². The molecule has 0 spiro atoms. The second-order valence-corrected chi connectivity index (χ2v) is 7.67. The highest BCUT2D eigenvalue weighted by atomic mass is 32.2. The molecule has 0 radical (unpaired) electrons. The van der Waals surface area contributed by atoms with Crippen LogP contribution in [0.3, 0.4) is 0 Å². The van der Waals surface area contributed by atoms with Gasteiger partial charge < -0.3 is 20.5 Å². The van der Waals surface area contributed by atoms with Gasteiger partial charge in [0.2, 0.25) is 5.91 Å². The Balaban J connectivity index is 2.56. The molecule has 0 bridgehead atoms. The summed E-state index contributed by atoms with van der Waals surface area (Å²) >= 11 is 1.47. The fraction of sp³-hybridized carbons (Fsp3) is 0.650. The molecule has 0 aromatic rings. The standard InChI is InChI=1S/C20H32N2O5S/c1-4-6-11-21-16(19(24)25)12-18(23)22-13-28-17-10-8-7-9-15(17)14(3)20(26)27-5-2/h16,21H,3-13H2,1-2H3,(H,22,23)(H,24,25). The van der Waals surface area contributed by atoms with Crippen molar-refractivity contribution in [1.82, 2.24) is 10.6 Å². The van der Waals surface area contributed by atoms with E-state index in [0.717, 1.165) is 49.0 Å². The Morgan fingerprint density at radius 1 is 1.25 bits per heavy atom. The highest BCUT2D eigenvalue weighted by Crippen LogP contribution is 2.36. The fourth-order valence-electron chi connectivity index (χ4n) is 2.86. The van der Waals surface area contributed by atoms with E-state index in [9.17, 15) is 19.5 Å². The molecule has 8 heteroatoms. The molecule has 0 saturated carbocycles. The highest BCUT2D eigenvalue weighted by Gasteiger charge is 2.22. The molecule has 0 aliphatic heterocycles. The van der Waals surface area contributed by atoms with Crippen molar-refractivity contribution in [2.45, 2.75) is 64.8 Å². The van der Waals surface area contributed by atoms with Crippen LogP contribution in [0.5, 0.6) is 0 Å². The van der Waals surface area contributed by atoms with Gasteiger partial charge in [-0.3, -0.25) is 9.59 Å². The van der Waals surface area contributed by atoms with Gasteiger partial charge in [-0.05, 0) is 56.1 Å². The monoisotopic (exact) mass is 412 g/mol. The first kappa shape index (κ1) is 24.2.